The molecule has 130 valence electrons. The van der Waals surface area contributed by atoms with E-state index in [0.717, 1.165) is 53.9 Å². The van der Waals surface area contributed by atoms with Gasteiger partial charge in [0.05, 0.1) is 17.6 Å². The number of halogens is 1. The van der Waals surface area contributed by atoms with Gasteiger partial charge in [-0.2, -0.15) is 0 Å². The number of fused-ring (bicyclic) bond motifs is 1. The van der Waals surface area contributed by atoms with Crippen molar-refractivity contribution in [3.05, 3.63) is 58.6 Å². The van der Waals surface area contributed by atoms with E-state index in [4.69, 9.17) is 4.98 Å². The van der Waals surface area contributed by atoms with Crippen molar-refractivity contribution < 1.29 is 5.11 Å². The summed E-state index contributed by atoms with van der Waals surface area (Å²) in [6.07, 6.45) is 2.20. The van der Waals surface area contributed by atoms with Gasteiger partial charge >= 0.3 is 0 Å². The van der Waals surface area contributed by atoms with Crippen LogP contribution in [0.4, 0.5) is 5.95 Å². The van der Waals surface area contributed by atoms with Gasteiger partial charge in [-0.25, -0.2) is 4.98 Å². The fraction of sp³-hybridized carbons (Fsp3) is 0.350. The number of piperidine rings is 1. The van der Waals surface area contributed by atoms with Crippen LogP contribution in [-0.2, 0) is 6.54 Å². The lowest BCUT2D eigenvalue weighted by atomic mass is 9.99. The van der Waals surface area contributed by atoms with Crippen LogP contribution in [0.5, 0.6) is 0 Å². The van der Waals surface area contributed by atoms with Crippen molar-refractivity contribution in [1.82, 2.24) is 9.55 Å². The number of hydrogen-bond acceptors (Lipinski definition) is 3. The zero-order chi connectivity index (χ0) is 17.2. The molecule has 0 aliphatic carbocycles. The van der Waals surface area contributed by atoms with Gasteiger partial charge in [-0.3, -0.25) is 0 Å². The van der Waals surface area contributed by atoms with Crippen LogP contribution >= 0.6 is 15.9 Å². The highest BCUT2D eigenvalue weighted by atomic mass is 79.9. The summed E-state index contributed by atoms with van der Waals surface area (Å²) in [5.74, 6) is 1.36. The molecule has 1 atom stereocenters. The highest BCUT2D eigenvalue weighted by Gasteiger charge is 2.24. The third kappa shape index (κ3) is 3.44. The van der Waals surface area contributed by atoms with Crippen LogP contribution in [-0.4, -0.2) is 34.4 Å². The average Bonchev–Trinajstić information content (AvgIpc) is 3.02. The second kappa shape index (κ2) is 7.18. The molecule has 0 bridgehead atoms. The summed E-state index contributed by atoms with van der Waals surface area (Å²) in [5.41, 5.74) is 3.44. The van der Waals surface area contributed by atoms with Crippen molar-refractivity contribution in [2.75, 3.05) is 24.6 Å². The molecule has 2 aromatic carbocycles. The van der Waals surface area contributed by atoms with E-state index in [9.17, 15) is 5.11 Å². The predicted molar refractivity (Wildman–Crippen MR) is 105 cm³/mol. The first-order valence-corrected chi connectivity index (χ1v) is 9.59. The van der Waals surface area contributed by atoms with E-state index in [0.29, 0.717) is 5.92 Å². The molecule has 1 aromatic heterocycles. The zero-order valence-corrected chi connectivity index (χ0v) is 15.7. The summed E-state index contributed by atoms with van der Waals surface area (Å²) in [7, 11) is 0. The largest absolute Gasteiger partial charge is 0.396 e. The highest BCUT2D eigenvalue weighted by Crippen LogP contribution is 2.28. The quantitative estimate of drug-likeness (QED) is 0.718. The summed E-state index contributed by atoms with van der Waals surface area (Å²) in [6, 6.07) is 16.8. The molecule has 0 saturated carbocycles. The molecule has 4 nitrogen and oxygen atoms in total. The second-order valence-corrected chi connectivity index (χ2v) is 7.67. The Hall–Kier alpha value is -1.85. The molecule has 0 radical (unpaired) electrons. The number of nitrogens with zero attached hydrogens (tertiary/aromatic N) is 3. The van der Waals surface area contributed by atoms with Gasteiger partial charge in [-0.15, -0.1) is 0 Å². The molecule has 4 rings (SSSR count). The van der Waals surface area contributed by atoms with Gasteiger partial charge < -0.3 is 14.6 Å². The van der Waals surface area contributed by atoms with Crippen LogP contribution in [0.3, 0.4) is 0 Å². The Bertz CT molecular complexity index is 859. The highest BCUT2D eigenvalue weighted by molar-refractivity contribution is 9.10. The zero-order valence-electron chi connectivity index (χ0n) is 14.1. The van der Waals surface area contributed by atoms with E-state index >= 15 is 0 Å². The third-order valence-corrected chi connectivity index (χ3v) is 5.48. The van der Waals surface area contributed by atoms with Crippen LogP contribution < -0.4 is 4.90 Å². The smallest absolute Gasteiger partial charge is 0.206 e. The summed E-state index contributed by atoms with van der Waals surface area (Å²) in [5, 5.41) is 9.57. The molecule has 1 aliphatic heterocycles. The number of hydrogen-bond donors (Lipinski definition) is 1. The van der Waals surface area contributed by atoms with E-state index < -0.39 is 0 Å². The van der Waals surface area contributed by atoms with Crippen molar-refractivity contribution in [2.24, 2.45) is 5.92 Å². The molecule has 1 fully saturated rings. The van der Waals surface area contributed by atoms with Crippen molar-refractivity contribution in [2.45, 2.75) is 19.4 Å². The Morgan fingerprint density at radius 3 is 2.72 bits per heavy atom. The van der Waals surface area contributed by atoms with Gasteiger partial charge in [0.1, 0.15) is 0 Å². The Kier molecular flexibility index (Phi) is 4.77. The first-order valence-electron chi connectivity index (χ1n) is 8.80. The van der Waals surface area contributed by atoms with Gasteiger partial charge in [0, 0.05) is 24.2 Å². The summed E-state index contributed by atoms with van der Waals surface area (Å²) >= 11 is 3.50. The molecular formula is C20H22BrN3O. The van der Waals surface area contributed by atoms with Crippen LogP contribution in [0.2, 0.25) is 0 Å². The molecule has 0 amide bonds. The predicted octanol–water partition coefficient (Wildman–Crippen LogP) is 4.06. The number of aliphatic hydroxyl groups is 1. The fourth-order valence-corrected chi connectivity index (χ4v) is 3.89. The second-order valence-electron chi connectivity index (χ2n) is 6.75. The van der Waals surface area contributed by atoms with Crippen molar-refractivity contribution in [3.8, 4) is 0 Å². The maximum atomic E-state index is 9.57. The number of para-hydroxylation sites is 2. The Balaban J connectivity index is 1.74. The molecule has 3 aromatic rings. The monoisotopic (exact) mass is 399 g/mol. The van der Waals surface area contributed by atoms with Crippen LogP contribution in [0.1, 0.15) is 18.4 Å². The lowest BCUT2D eigenvalue weighted by molar-refractivity contribution is 0.208. The van der Waals surface area contributed by atoms with Crippen molar-refractivity contribution in [1.29, 1.82) is 0 Å². The minimum Gasteiger partial charge on any atom is -0.396 e. The third-order valence-electron chi connectivity index (χ3n) is 4.95. The minimum atomic E-state index is 0.253. The normalized spacial score (nSPS) is 18.0. The number of anilines is 1. The molecule has 1 N–H and O–H groups in total. The Morgan fingerprint density at radius 2 is 1.92 bits per heavy atom. The van der Waals surface area contributed by atoms with Crippen LogP contribution in [0, 0.1) is 5.92 Å². The summed E-state index contributed by atoms with van der Waals surface area (Å²) in [4.78, 5) is 7.25. The number of rotatable bonds is 4. The van der Waals surface area contributed by atoms with Crippen LogP contribution in [0.25, 0.3) is 11.0 Å². The van der Waals surface area contributed by atoms with E-state index in [1.165, 1.54) is 5.56 Å². The molecule has 0 unspecified atom stereocenters. The van der Waals surface area contributed by atoms with E-state index in [1.807, 2.05) is 6.07 Å². The number of aromatic nitrogens is 2. The number of aliphatic hydroxyl groups excluding tert-OH is 1. The van der Waals surface area contributed by atoms with E-state index in [-0.39, 0.29) is 6.61 Å². The number of benzene rings is 2. The van der Waals surface area contributed by atoms with Gasteiger partial charge in [-0.1, -0.05) is 40.2 Å². The lowest BCUT2D eigenvalue weighted by Crippen LogP contribution is -2.38. The topological polar surface area (TPSA) is 41.3 Å². The molecule has 25 heavy (non-hydrogen) atoms. The maximum Gasteiger partial charge on any atom is 0.206 e. The maximum absolute atomic E-state index is 9.57. The molecular weight excluding hydrogens is 378 g/mol. The van der Waals surface area contributed by atoms with E-state index in [1.54, 1.807) is 0 Å². The van der Waals surface area contributed by atoms with E-state index in [2.05, 4.69) is 67.9 Å². The standard InChI is InChI=1S/C20H22BrN3O/c21-17-9-7-15(8-10-17)13-24-19-6-2-1-5-18(19)22-20(24)23-11-3-4-16(12-23)14-25/h1-2,5-10,16,25H,3-4,11-14H2/t16-/m1/s1. The van der Waals surface area contributed by atoms with Crippen molar-refractivity contribution in [3.63, 3.8) is 0 Å². The fourth-order valence-electron chi connectivity index (χ4n) is 3.63. The Morgan fingerprint density at radius 1 is 1.12 bits per heavy atom. The summed E-state index contributed by atoms with van der Waals surface area (Å²) in [6.45, 7) is 2.92. The molecule has 2 heterocycles. The average molecular weight is 400 g/mol. The first-order chi connectivity index (χ1) is 12.2. The van der Waals surface area contributed by atoms with Gasteiger partial charge in [-0.05, 0) is 48.6 Å². The van der Waals surface area contributed by atoms with Gasteiger partial charge in [0.15, 0.2) is 0 Å². The SMILES string of the molecule is OC[C@@H]1CCCN(c2nc3ccccc3n2Cc2ccc(Br)cc2)C1. The Labute approximate surface area is 156 Å². The van der Waals surface area contributed by atoms with Crippen LogP contribution in [0.15, 0.2) is 53.0 Å². The summed E-state index contributed by atoms with van der Waals surface area (Å²) < 4.78 is 3.40. The van der Waals surface area contributed by atoms with Gasteiger partial charge in [0.2, 0.25) is 5.95 Å². The minimum absolute atomic E-state index is 0.253. The molecule has 0 spiro atoms. The lowest BCUT2D eigenvalue weighted by Gasteiger charge is -2.33. The van der Waals surface area contributed by atoms with Crippen molar-refractivity contribution >= 4 is 32.9 Å². The molecule has 1 saturated heterocycles. The molecule has 5 heteroatoms. The molecule has 1 aliphatic rings. The van der Waals surface area contributed by atoms with Gasteiger partial charge in [0.25, 0.3) is 0 Å². The first kappa shape index (κ1) is 16.6. The number of imidazole rings is 1.